The highest BCUT2D eigenvalue weighted by Gasteiger charge is 2.58. The van der Waals surface area contributed by atoms with Crippen molar-refractivity contribution in [3.05, 3.63) is 29.8 Å². The number of halogens is 5. The Kier molecular flexibility index (Phi) is 5.33. The Labute approximate surface area is 113 Å². The lowest BCUT2D eigenvalue weighted by Crippen LogP contribution is -2.41. The smallest absolute Gasteiger partial charge is 0.456 e. The first kappa shape index (κ1) is 16.7. The SMILES string of the molecule is CC(C)NCc1cccc(OCC(F)(F)C(F)(F)F)c1. The monoisotopic (exact) mass is 297 g/mol. The summed E-state index contributed by atoms with van der Waals surface area (Å²) in [7, 11) is 0. The number of hydrogen-bond donors (Lipinski definition) is 1. The highest BCUT2D eigenvalue weighted by atomic mass is 19.4. The molecule has 0 saturated heterocycles. The van der Waals surface area contributed by atoms with E-state index in [0.717, 1.165) is 5.56 Å². The van der Waals surface area contributed by atoms with Gasteiger partial charge in [0.2, 0.25) is 0 Å². The van der Waals surface area contributed by atoms with Crippen LogP contribution in [-0.2, 0) is 6.54 Å². The van der Waals surface area contributed by atoms with Gasteiger partial charge in [-0.1, -0.05) is 26.0 Å². The van der Waals surface area contributed by atoms with Gasteiger partial charge in [-0.3, -0.25) is 0 Å². The standard InChI is InChI=1S/C13H16F5NO/c1-9(2)19-7-10-4-3-5-11(6-10)20-8-12(14,15)13(16,17)18/h3-6,9,19H,7-8H2,1-2H3. The van der Waals surface area contributed by atoms with Crippen LogP contribution in [0.1, 0.15) is 19.4 Å². The Hall–Kier alpha value is -1.37. The van der Waals surface area contributed by atoms with Crippen molar-refractivity contribution < 1.29 is 26.7 Å². The van der Waals surface area contributed by atoms with Crippen molar-refractivity contribution >= 4 is 0 Å². The molecule has 0 fully saturated rings. The molecule has 0 spiro atoms. The second-order valence-corrected chi connectivity index (χ2v) is 4.67. The summed E-state index contributed by atoms with van der Waals surface area (Å²) in [4.78, 5) is 0. The average molecular weight is 297 g/mol. The van der Waals surface area contributed by atoms with Gasteiger partial charge >= 0.3 is 12.1 Å². The summed E-state index contributed by atoms with van der Waals surface area (Å²) in [6, 6.07) is 6.27. The molecule has 1 aromatic rings. The molecule has 0 aliphatic heterocycles. The van der Waals surface area contributed by atoms with Crippen LogP contribution >= 0.6 is 0 Å². The third-order valence-electron chi connectivity index (χ3n) is 2.45. The molecular weight excluding hydrogens is 281 g/mol. The molecule has 7 heteroatoms. The van der Waals surface area contributed by atoms with E-state index in [1.54, 1.807) is 12.1 Å². The van der Waals surface area contributed by atoms with E-state index in [-0.39, 0.29) is 11.8 Å². The second kappa shape index (κ2) is 6.39. The lowest BCUT2D eigenvalue weighted by atomic mass is 10.2. The summed E-state index contributed by atoms with van der Waals surface area (Å²) in [6.07, 6.45) is -5.61. The Morgan fingerprint density at radius 1 is 1.15 bits per heavy atom. The van der Waals surface area contributed by atoms with E-state index in [1.807, 2.05) is 13.8 Å². The van der Waals surface area contributed by atoms with E-state index < -0.39 is 18.7 Å². The van der Waals surface area contributed by atoms with Gasteiger partial charge in [0.15, 0.2) is 6.61 Å². The van der Waals surface area contributed by atoms with Crippen LogP contribution in [0.3, 0.4) is 0 Å². The minimum absolute atomic E-state index is 0.0167. The molecule has 0 aromatic heterocycles. The predicted molar refractivity (Wildman–Crippen MR) is 64.9 cm³/mol. The molecule has 0 radical (unpaired) electrons. The van der Waals surface area contributed by atoms with Crippen LogP contribution in [-0.4, -0.2) is 24.7 Å². The first-order chi connectivity index (χ1) is 9.12. The molecule has 114 valence electrons. The van der Waals surface area contributed by atoms with E-state index in [2.05, 4.69) is 10.1 Å². The minimum atomic E-state index is -5.61. The molecule has 2 nitrogen and oxygen atoms in total. The molecule has 0 heterocycles. The topological polar surface area (TPSA) is 21.3 Å². The fourth-order valence-electron chi connectivity index (χ4n) is 1.32. The van der Waals surface area contributed by atoms with Gasteiger partial charge in [-0.05, 0) is 17.7 Å². The molecule has 0 atom stereocenters. The Balaban J connectivity index is 2.63. The average Bonchev–Trinajstić information content (AvgIpc) is 2.33. The van der Waals surface area contributed by atoms with Gasteiger partial charge in [0.05, 0.1) is 0 Å². The highest BCUT2D eigenvalue weighted by Crippen LogP contribution is 2.35. The highest BCUT2D eigenvalue weighted by molar-refractivity contribution is 5.28. The summed E-state index contributed by atoms with van der Waals surface area (Å²) in [6.45, 7) is 2.62. The Bertz CT molecular complexity index is 431. The van der Waals surface area contributed by atoms with Crippen molar-refractivity contribution in [2.24, 2.45) is 0 Å². The largest absolute Gasteiger partial charge is 0.487 e. The summed E-state index contributed by atoms with van der Waals surface area (Å²) >= 11 is 0. The van der Waals surface area contributed by atoms with Crippen molar-refractivity contribution in [2.45, 2.75) is 38.5 Å². The van der Waals surface area contributed by atoms with Crippen LogP contribution in [0.15, 0.2) is 24.3 Å². The molecule has 0 bridgehead atoms. The molecule has 0 saturated carbocycles. The van der Waals surface area contributed by atoms with Gasteiger partial charge in [-0.25, -0.2) is 0 Å². The van der Waals surface area contributed by atoms with E-state index >= 15 is 0 Å². The van der Waals surface area contributed by atoms with Crippen LogP contribution in [0.25, 0.3) is 0 Å². The lowest BCUT2D eigenvalue weighted by Gasteiger charge is -2.20. The number of benzene rings is 1. The number of ether oxygens (including phenoxy) is 1. The predicted octanol–water partition coefficient (Wildman–Crippen LogP) is 3.76. The lowest BCUT2D eigenvalue weighted by molar-refractivity contribution is -0.290. The maximum atomic E-state index is 12.7. The molecular formula is C13H16F5NO. The van der Waals surface area contributed by atoms with Crippen molar-refractivity contribution in [3.63, 3.8) is 0 Å². The van der Waals surface area contributed by atoms with Crippen molar-refractivity contribution in [1.82, 2.24) is 5.32 Å². The van der Waals surface area contributed by atoms with Gasteiger partial charge in [-0.2, -0.15) is 22.0 Å². The molecule has 0 aliphatic rings. The summed E-state index contributed by atoms with van der Waals surface area (Å²) < 4.78 is 65.9. The zero-order valence-electron chi connectivity index (χ0n) is 11.1. The normalized spacial score (nSPS) is 12.8. The summed E-state index contributed by atoms with van der Waals surface area (Å²) in [5.41, 5.74) is 0.742. The van der Waals surface area contributed by atoms with Gasteiger partial charge in [0, 0.05) is 12.6 Å². The molecule has 0 unspecified atom stereocenters. The molecule has 0 amide bonds. The quantitative estimate of drug-likeness (QED) is 0.807. The van der Waals surface area contributed by atoms with Gasteiger partial charge in [-0.15, -0.1) is 0 Å². The zero-order chi connectivity index (χ0) is 15.4. The maximum absolute atomic E-state index is 12.7. The number of rotatable bonds is 6. The van der Waals surface area contributed by atoms with Crippen molar-refractivity contribution in [2.75, 3.05) is 6.61 Å². The fraction of sp³-hybridized carbons (Fsp3) is 0.538. The molecule has 20 heavy (non-hydrogen) atoms. The Morgan fingerprint density at radius 2 is 1.80 bits per heavy atom. The molecule has 0 aliphatic carbocycles. The van der Waals surface area contributed by atoms with Crippen LogP contribution < -0.4 is 10.1 Å². The van der Waals surface area contributed by atoms with Gasteiger partial charge in [0.1, 0.15) is 5.75 Å². The van der Waals surface area contributed by atoms with Crippen LogP contribution in [0, 0.1) is 0 Å². The molecule has 1 aromatic carbocycles. The molecule has 1 rings (SSSR count). The first-order valence-electron chi connectivity index (χ1n) is 6.01. The maximum Gasteiger partial charge on any atom is 0.456 e. The van der Waals surface area contributed by atoms with E-state index in [1.165, 1.54) is 12.1 Å². The third kappa shape index (κ3) is 4.96. The van der Waals surface area contributed by atoms with Crippen molar-refractivity contribution in [3.8, 4) is 5.75 Å². The second-order valence-electron chi connectivity index (χ2n) is 4.67. The van der Waals surface area contributed by atoms with E-state index in [0.29, 0.717) is 6.54 Å². The van der Waals surface area contributed by atoms with Gasteiger partial charge in [0.25, 0.3) is 0 Å². The third-order valence-corrected chi connectivity index (χ3v) is 2.45. The number of hydrogen-bond acceptors (Lipinski definition) is 2. The van der Waals surface area contributed by atoms with E-state index in [9.17, 15) is 22.0 Å². The van der Waals surface area contributed by atoms with E-state index in [4.69, 9.17) is 0 Å². The molecule has 1 N–H and O–H groups in total. The first-order valence-corrected chi connectivity index (χ1v) is 6.01. The number of alkyl halides is 5. The van der Waals surface area contributed by atoms with Gasteiger partial charge < -0.3 is 10.1 Å². The van der Waals surface area contributed by atoms with Crippen molar-refractivity contribution in [1.29, 1.82) is 0 Å². The summed E-state index contributed by atoms with van der Waals surface area (Å²) in [5.74, 6) is -4.88. The minimum Gasteiger partial charge on any atom is -0.487 e. The van der Waals surface area contributed by atoms with Crippen LogP contribution in [0.2, 0.25) is 0 Å². The summed E-state index contributed by atoms with van der Waals surface area (Å²) in [5, 5.41) is 3.10. The van der Waals surface area contributed by atoms with Crippen LogP contribution in [0.4, 0.5) is 22.0 Å². The Morgan fingerprint density at radius 3 is 2.35 bits per heavy atom. The zero-order valence-corrected chi connectivity index (χ0v) is 11.1. The number of nitrogens with one attached hydrogen (secondary N) is 1. The van der Waals surface area contributed by atoms with Crippen LogP contribution in [0.5, 0.6) is 5.75 Å². The fourth-order valence-corrected chi connectivity index (χ4v) is 1.32.